The standard InChI is InChI=1S/C19H16FNOS/c1-13(19(22)21-17-9-7-16(20)8-10-17)23-18-11-6-14-4-2-3-5-15(14)12-18/h2-13H,1H3,(H,21,22)/t13-/m0/s1. The van der Waals surface area contributed by atoms with E-state index in [1.165, 1.54) is 29.3 Å². The van der Waals surface area contributed by atoms with Crippen LogP contribution in [0.15, 0.2) is 71.6 Å². The molecule has 1 atom stereocenters. The van der Waals surface area contributed by atoms with Crippen molar-refractivity contribution in [3.8, 4) is 0 Å². The Labute approximate surface area is 138 Å². The molecule has 0 aromatic heterocycles. The minimum atomic E-state index is -0.318. The van der Waals surface area contributed by atoms with Crippen LogP contribution >= 0.6 is 11.8 Å². The highest BCUT2D eigenvalue weighted by Gasteiger charge is 2.14. The van der Waals surface area contributed by atoms with Crippen LogP contribution in [0, 0.1) is 5.82 Å². The number of nitrogens with one attached hydrogen (secondary N) is 1. The van der Waals surface area contributed by atoms with E-state index in [1.807, 2.05) is 25.1 Å². The van der Waals surface area contributed by atoms with Crippen LogP contribution in [0.2, 0.25) is 0 Å². The molecule has 1 N–H and O–H groups in total. The molecule has 0 fully saturated rings. The number of anilines is 1. The van der Waals surface area contributed by atoms with Crippen LogP contribution in [0.25, 0.3) is 10.8 Å². The fraction of sp³-hybridized carbons (Fsp3) is 0.105. The van der Waals surface area contributed by atoms with E-state index in [4.69, 9.17) is 0 Å². The summed E-state index contributed by atoms with van der Waals surface area (Å²) >= 11 is 1.50. The van der Waals surface area contributed by atoms with Crippen molar-refractivity contribution in [1.29, 1.82) is 0 Å². The summed E-state index contributed by atoms with van der Waals surface area (Å²) in [5, 5.41) is 4.89. The zero-order valence-electron chi connectivity index (χ0n) is 12.6. The van der Waals surface area contributed by atoms with E-state index in [1.54, 1.807) is 12.1 Å². The highest BCUT2D eigenvalue weighted by Crippen LogP contribution is 2.27. The fourth-order valence-corrected chi connectivity index (χ4v) is 3.19. The Morgan fingerprint density at radius 2 is 1.70 bits per heavy atom. The lowest BCUT2D eigenvalue weighted by molar-refractivity contribution is -0.115. The van der Waals surface area contributed by atoms with Crippen LogP contribution in [0.3, 0.4) is 0 Å². The van der Waals surface area contributed by atoms with Gasteiger partial charge in [0.25, 0.3) is 0 Å². The first kappa shape index (κ1) is 15.6. The molecule has 0 heterocycles. The second-order valence-corrected chi connectivity index (χ2v) is 6.68. The molecule has 116 valence electrons. The van der Waals surface area contributed by atoms with Crippen molar-refractivity contribution in [3.05, 3.63) is 72.5 Å². The van der Waals surface area contributed by atoms with Crippen molar-refractivity contribution in [2.45, 2.75) is 17.1 Å². The van der Waals surface area contributed by atoms with Crippen molar-refractivity contribution in [1.82, 2.24) is 0 Å². The van der Waals surface area contributed by atoms with E-state index >= 15 is 0 Å². The Bertz CT molecular complexity index is 832. The fourth-order valence-electron chi connectivity index (χ4n) is 2.28. The lowest BCUT2D eigenvalue weighted by Crippen LogP contribution is -2.22. The largest absolute Gasteiger partial charge is 0.325 e. The summed E-state index contributed by atoms with van der Waals surface area (Å²) in [5.41, 5.74) is 0.599. The first-order valence-corrected chi connectivity index (χ1v) is 8.22. The van der Waals surface area contributed by atoms with Gasteiger partial charge in [0.05, 0.1) is 5.25 Å². The van der Waals surface area contributed by atoms with Gasteiger partial charge < -0.3 is 5.32 Å². The summed E-state index contributed by atoms with van der Waals surface area (Å²) < 4.78 is 12.9. The van der Waals surface area contributed by atoms with Crippen LogP contribution in [0.1, 0.15) is 6.92 Å². The molecule has 0 aliphatic carbocycles. The Kier molecular flexibility index (Phi) is 4.63. The number of thioether (sulfide) groups is 1. The van der Waals surface area contributed by atoms with E-state index in [9.17, 15) is 9.18 Å². The summed E-state index contributed by atoms with van der Waals surface area (Å²) in [6.07, 6.45) is 0. The molecule has 0 spiro atoms. The van der Waals surface area contributed by atoms with Gasteiger partial charge in [-0.25, -0.2) is 4.39 Å². The van der Waals surface area contributed by atoms with Gasteiger partial charge in [0.15, 0.2) is 0 Å². The minimum Gasteiger partial charge on any atom is -0.325 e. The van der Waals surface area contributed by atoms with E-state index in [-0.39, 0.29) is 17.0 Å². The molecule has 3 aromatic rings. The third-order valence-electron chi connectivity index (χ3n) is 3.51. The Morgan fingerprint density at radius 1 is 1.00 bits per heavy atom. The molecule has 0 aliphatic heterocycles. The van der Waals surface area contributed by atoms with Crippen molar-refractivity contribution in [3.63, 3.8) is 0 Å². The average molecular weight is 325 g/mol. The van der Waals surface area contributed by atoms with E-state index in [0.717, 1.165) is 10.3 Å². The molecule has 23 heavy (non-hydrogen) atoms. The first-order valence-electron chi connectivity index (χ1n) is 7.34. The topological polar surface area (TPSA) is 29.1 Å². The van der Waals surface area contributed by atoms with Gasteiger partial charge in [-0.3, -0.25) is 4.79 Å². The molecule has 2 nitrogen and oxygen atoms in total. The summed E-state index contributed by atoms with van der Waals surface area (Å²) in [6.45, 7) is 1.86. The molecule has 0 saturated heterocycles. The van der Waals surface area contributed by atoms with Gasteiger partial charge in [0.2, 0.25) is 5.91 Å². The van der Waals surface area contributed by atoms with Gasteiger partial charge in [-0.15, -0.1) is 11.8 Å². The SMILES string of the molecule is C[C@H](Sc1ccc2ccccc2c1)C(=O)Nc1ccc(F)cc1. The predicted octanol–water partition coefficient (Wildman–Crippen LogP) is 5.10. The lowest BCUT2D eigenvalue weighted by atomic mass is 10.1. The van der Waals surface area contributed by atoms with Crippen LogP contribution in [-0.2, 0) is 4.79 Å². The van der Waals surface area contributed by atoms with Gasteiger partial charge in [-0.05, 0) is 54.1 Å². The quantitative estimate of drug-likeness (QED) is 0.676. The maximum Gasteiger partial charge on any atom is 0.237 e. The number of halogens is 1. The Hall–Kier alpha value is -2.33. The second kappa shape index (κ2) is 6.84. The number of fused-ring (bicyclic) bond motifs is 1. The predicted molar refractivity (Wildman–Crippen MR) is 94.3 cm³/mol. The minimum absolute atomic E-state index is 0.102. The van der Waals surface area contributed by atoms with Gasteiger partial charge >= 0.3 is 0 Å². The monoisotopic (exact) mass is 325 g/mol. The zero-order valence-corrected chi connectivity index (χ0v) is 13.4. The molecule has 0 radical (unpaired) electrons. The highest BCUT2D eigenvalue weighted by atomic mass is 32.2. The van der Waals surface area contributed by atoms with Crippen LogP contribution in [0.4, 0.5) is 10.1 Å². The molecule has 0 unspecified atom stereocenters. The van der Waals surface area contributed by atoms with Gasteiger partial charge in [0.1, 0.15) is 5.82 Å². The van der Waals surface area contributed by atoms with Gasteiger partial charge in [0, 0.05) is 10.6 Å². The maximum absolute atomic E-state index is 12.9. The zero-order chi connectivity index (χ0) is 16.2. The van der Waals surface area contributed by atoms with E-state index in [2.05, 4.69) is 29.6 Å². The average Bonchev–Trinajstić information content (AvgIpc) is 2.56. The second-order valence-electron chi connectivity index (χ2n) is 5.27. The van der Waals surface area contributed by atoms with E-state index in [0.29, 0.717) is 5.69 Å². The van der Waals surface area contributed by atoms with Gasteiger partial charge in [-0.1, -0.05) is 30.3 Å². The summed E-state index contributed by atoms with van der Waals surface area (Å²) in [7, 11) is 0. The first-order chi connectivity index (χ1) is 11.1. The summed E-state index contributed by atoms with van der Waals surface area (Å²) in [4.78, 5) is 13.3. The number of carbonyl (C=O) groups is 1. The Morgan fingerprint density at radius 3 is 2.43 bits per heavy atom. The van der Waals surface area contributed by atoms with Crippen molar-refractivity contribution >= 4 is 34.1 Å². The lowest BCUT2D eigenvalue weighted by Gasteiger charge is -2.12. The number of hydrogen-bond acceptors (Lipinski definition) is 2. The number of benzene rings is 3. The molecule has 0 bridgehead atoms. The van der Waals surface area contributed by atoms with Crippen LogP contribution < -0.4 is 5.32 Å². The molecule has 3 aromatic carbocycles. The molecule has 4 heteroatoms. The number of amides is 1. The maximum atomic E-state index is 12.9. The molecule has 0 saturated carbocycles. The van der Waals surface area contributed by atoms with Crippen LogP contribution in [-0.4, -0.2) is 11.2 Å². The van der Waals surface area contributed by atoms with E-state index < -0.39 is 0 Å². The summed E-state index contributed by atoms with van der Waals surface area (Å²) in [6, 6.07) is 20.1. The smallest absolute Gasteiger partial charge is 0.237 e. The van der Waals surface area contributed by atoms with Crippen molar-refractivity contribution in [2.75, 3.05) is 5.32 Å². The van der Waals surface area contributed by atoms with Gasteiger partial charge in [-0.2, -0.15) is 0 Å². The molecule has 0 aliphatic rings. The van der Waals surface area contributed by atoms with Crippen molar-refractivity contribution in [2.24, 2.45) is 0 Å². The Balaban J connectivity index is 1.68. The third-order valence-corrected chi connectivity index (χ3v) is 4.61. The molecular formula is C19H16FNOS. The van der Waals surface area contributed by atoms with Crippen LogP contribution in [0.5, 0.6) is 0 Å². The molecular weight excluding hydrogens is 309 g/mol. The summed E-state index contributed by atoms with van der Waals surface area (Å²) in [5.74, 6) is -0.420. The molecule has 1 amide bonds. The third kappa shape index (κ3) is 3.90. The van der Waals surface area contributed by atoms with Crippen molar-refractivity contribution < 1.29 is 9.18 Å². The number of carbonyl (C=O) groups excluding carboxylic acids is 1. The number of hydrogen-bond donors (Lipinski definition) is 1. The normalized spacial score (nSPS) is 12.1. The highest BCUT2D eigenvalue weighted by molar-refractivity contribution is 8.00. The number of rotatable bonds is 4. The molecule has 3 rings (SSSR count).